The highest BCUT2D eigenvalue weighted by Gasteiger charge is 2.45. The Hall–Kier alpha value is -0.680. The lowest BCUT2D eigenvalue weighted by atomic mass is 10.0. The number of aromatic hydroxyl groups is 1. The molecule has 1 aromatic carbocycles. The van der Waals surface area contributed by atoms with E-state index in [9.17, 15) is 13.9 Å². The minimum Gasteiger partial charge on any atom is -0.506 e. The van der Waals surface area contributed by atoms with Crippen LogP contribution >= 0.6 is 15.9 Å². The van der Waals surface area contributed by atoms with Crippen LogP contribution in [-0.2, 0) is 5.54 Å². The molecule has 2 rings (SSSR count). The van der Waals surface area contributed by atoms with Gasteiger partial charge in [0.2, 0.25) is 0 Å². The van der Waals surface area contributed by atoms with Crippen LogP contribution in [0.15, 0.2) is 10.5 Å². The summed E-state index contributed by atoms with van der Waals surface area (Å²) in [5, 5.41) is 9.53. The maximum Gasteiger partial charge on any atom is 0.144 e. The summed E-state index contributed by atoms with van der Waals surface area (Å²) in [4.78, 5) is 0. The van der Waals surface area contributed by atoms with Gasteiger partial charge in [0.25, 0.3) is 0 Å². The van der Waals surface area contributed by atoms with Crippen LogP contribution in [-0.4, -0.2) is 5.11 Å². The van der Waals surface area contributed by atoms with Crippen molar-refractivity contribution in [2.24, 2.45) is 5.73 Å². The van der Waals surface area contributed by atoms with Gasteiger partial charge in [0.15, 0.2) is 0 Å². The molecule has 14 heavy (non-hydrogen) atoms. The first-order valence-electron chi connectivity index (χ1n) is 4.11. The summed E-state index contributed by atoms with van der Waals surface area (Å²) >= 11 is 2.84. The number of hydrogen-bond acceptors (Lipinski definition) is 2. The van der Waals surface area contributed by atoms with Gasteiger partial charge in [-0.2, -0.15) is 0 Å². The molecule has 0 aromatic heterocycles. The van der Waals surface area contributed by atoms with Gasteiger partial charge in [-0.05, 0) is 28.8 Å². The Morgan fingerprint density at radius 1 is 1.36 bits per heavy atom. The van der Waals surface area contributed by atoms with Crippen LogP contribution in [0.1, 0.15) is 18.4 Å². The van der Waals surface area contributed by atoms with Crippen molar-refractivity contribution in [3.8, 4) is 5.75 Å². The molecule has 5 heteroatoms. The van der Waals surface area contributed by atoms with E-state index in [0.717, 1.165) is 6.07 Å². The highest BCUT2D eigenvalue weighted by molar-refractivity contribution is 9.10. The van der Waals surface area contributed by atoms with Crippen molar-refractivity contribution >= 4 is 15.9 Å². The number of phenols is 1. The Kier molecular flexibility index (Phi) is 2.04. The highest BCUT2D eigenvalue weighted by atomic mass is 79.9. The van der Waals surface area contributed by atoms with Crippen molar-refractivity contribution < 1.29 is 13.9 Å². The summed E-state index contributed by atoms with van der Waals surface area (Å²) in [7, 11) is 0. The van der Waals surface area contributed by atoms with Gasteiger partial charge in [-0.3, -0.25) is 0 Å². The summed E-state index contributed by atoms with van der Waals surface area (Å²) < 4.78 is 26.1. The zero-order chi connectivity index (χ0) is 10.5. The zero-order valence-corrected chi connectivity index (χ0v) is 8.74. The lowest BCUT2D eigenvalue weighted by molar-refractivity contribution is 0.433. The summed E-state index contributed by atoms with van der Waals surface area (Å²) in [5.74, 6) is -2.04. The summed E-state index contributed by atoms with van der Waals surface area (Å²) in [6.07, 6.45) is 1.21. The van der Waals surface area contributed by atoms with Gasteiger partial charge >= 0.3 is 0 Å². The standard InChI is InChI=1S/C9H8BrF2NO/c10-7-5(12)3-4(11)6(8(7)14)9(13)1-2-9/h3,14H,1-2,13H2. The molecule has 3 N–H and O–H groups in total. The van der Waals surface area contributed by atoms with Crippen LogP contribution in [0.3, 0.4) is 0 Å². The number of benzene rings is 1. The molecule has 0 heterocycles. The zero-order valence-electron chi connectivity index (χ0n) is 7.15. The molecule has 0 radical (unpaired) electrons. The molecule has 1 aliphatic carbocycles. The van der Waals surface area contributed by atoms with Crippen molar-refractivity contribution in [3.05, 3.63) is 27.7 Å². The lowest BCUT2D eigenvalue weighted by Crippen LogP contribution is -2.21. The molecule has 0 spiro atoms. The fourth-order valence-electron chi connectivity index (χ4n) is 1.44. The van der Waals surface area contributed by atoms with Crippen LogP contribution in [0.25, 0.3) is 0 Å². The van der Waals surface area contributed by atoms with Crippen LogP contribution in [0.2, 0.25) is 0 Å². The molecule has 1 aromatic rings. The highest BCUT2D eigenvalue weighted by Crippen LogP contribution is 2.49. The van der Waals surface area contributed by atoms with Gasteiger partial charge < -0.3 is 10.8 Å². The van der Waals surface area contributed by atoms with Crippen LogP contribution in [0.4, 0.5) is 8.78 Å². The second-order valence-electron chi connectivity index (χ2n) is 3.53. The van der Waals surface area contributed by atoms with Gasteiger partial charge in [-0.15, -0.1) is 0 Å². The quantitative estimate of drug-likeness (QED) is 0.765. The first kappa shape index (κ1) is 9.86. The summed E-state index contributed by atoms with van der Waals surface area (Å²) in [6.45, 7) is 0. The number of hydrogen-bond donors (Lipinski definition) is 2. The second-order valence-corrected chi connectivity index (χ2v) is 4.33. The normalized spacial score (nSPS) is 18.3. The first-order valence-corrected chi connectivity index (χ1v) is 4.91. The van der Waals surface area contributed by atoms with Gasteiger partial charge in [-0.25, -0.2) is 8.78 Å². The average Bonchev–Trinajstić information content (AvgIpc) is 2.80. The van der Waals surface area contributed by atoms with E-state index in [0.29, 0.717) is 12.8 Å². The van der Waals surface area contributed by atoms with Crippen molar-refractivity contribution in [1.29, 1.82) is 0 Å². The van der Waals surface area contributed by atoms with Crippen LogP contribution < -0.4 is 5.73 Å². The predicted octanol–water partition coefficient (Wildman–Crippen LogP) is 2.38. The third kappa shape index (κ3) is 1.31. The number of nitrogens with two attached hydrogens (primary N) is 1. The first-order chi connectivity index (χ1) is 6.46. The molecular weight excluding hydrogens is 256 g/mol. The largest absolute Gasteiger partial charge is 0.506 e. The van der Waals surface area contributed by atoms with E-state index in [4.69, 9.17) is 5.73 Å². The van der Waals surface area contributed by atoms with Crippen molar-refractivity contribution in [3.63, 3.8) is 0 Å². The summed E-state index contributed by atoms with van der Waals surface area (Å²) in [5.41, 5.74) is 4.94. The van der Waals surface area contributed by atoms with E-state index in [1.54, 1.807) is 0 Å². The summed E-state index contributed by atoms with van der Waals surface area (Å²) in [6, 6.07) is 0.728. The molecule has 0 saturated heterocycles. The topological polar surface area (TPSA) is 46.2 Å². The average molecular weight is 264 g/mol. The van der Waals surface area contributed by atoms with E-state index in [2.05, 4.69) is 15.9 Å². The smallest absolute Gasteiger partial charge is 0.144 e. The molecular formula is C9H8BrF2NO. The molecule has 2 nitrogen and oxygen atoms in total. The molecule has 0 unspecified atom stereocenters. The van der Waals surface area contributed by atoms with E-state index in [1.807, 2.05) is 0 Å². The van der Waals surface area contributed by atoms with Crippen molar-refractivity contribution in [2.45, 2.75) is 18.4 Å². The van der Waals surface area contributed by atoms with E-state index in [-0.39, 0.29) is 10.0 Å². The number of rotatable bonds is 1. The SMILES string of the molecule is NC1(c2c(F)cc(F)c(Br)c2O)CC1. The fraction of sp³-hybridized carbons (Fsp3) is 0.333. The third-order valence-corrected chi connectivity index (χ3v) is 3.19. The maximum absolute atomic E-state index is 13.3. The Morgan fingerprint density at radius 3 is 2.43 bits per heavy atom. The van der Waals surface area contributed by atoms with E-state index < -0.39 is 22.9 Å². The predicted molar refractivity (Wildman–Crippen MR) is 50.8 cm³/mol. The van der Waals surface area contributed by atoms with Crippen molar-refractivity contribution in [2.75, 3.05) is 0 Å². The monoisotopic (exact) mass is 263 g/mol. The Balaban J connectivity index is 2.65. The molecule has 0 amide bonds. The molecule has 1 fully saturated rings. The minimum atomic E-state index is -0.826. The fourth-order valence-corrected chi connectivity index (χ4v) is 1.75. The molecule has 0 bridgehead atoms. The van der Waals surface area contributed by atoms with Crippen molar-refractivity contribution in [1.82, 2.24) is 0 Å². The molecule has 0 atom stereocenters. The lowest BCUT2D eigenvalue weighted by Gasteiger charge is -2.13. The third-order valence-electron chi connectivity index (χ3n) is 2.43. The number of halogens is 3. The second kappa shape index (κ2) is 2.90. The molecule has 1 aliphatic rings. The van der Waals surface area contributed by atoms with Gasteiger partial charge in [-0.1, -0.05) is 0 Å². The maximum atomic E-state index is 13.3. The van der Waals surface area contributed by atoms with Crippen LogP contribution in [0.5, 0.6) is 5.75 Å². The Labute approximate surface area is 87.9 Å². The van der Waals surface area contributed by atoms with E-state index >= 15 is 0 Å². The van der Waals surface area contributed by atoms with Crippen LogP contribution in [0, 0.1) is 11.6 Å². The van der Waals surface area contributed by atoms with Gasteiger partial charge in [0, 0.05) is 11.6 Å². The Bertz CT molecular complexity index is 404. The van der Waals surface area contributed by atoms with E-state index in [1.165, 1.54) is 0 Å². The molecule has 76 valence electrons. The molecule has 1 saturated carbocycles. The minimum absolute atomic E-state index is 0.00535. The number of phenolic OH excluding ortho intramolecular Hbond substituents is 1. The van der Waals surface area contributed by atoms with Gasteiger partial charge in [0.1, 0.15) is 17.4 Å². The van der Waals surface area contributed by atoms with Gasteiger partial charge in [0.05, 0.1) is 10.0 Å². The Morgan fingerprint density at radius 2 is 1.93 bits per heavy atom. The molecule has 0 aliphatic heterocycles.